The summed E-state index contributed by atoms with van der Waals surface area (Å²) in [5.41, 5.74) is 8.25. The molecule has 0 spiro atoms. The SMILES string of the molecule is C/C=C/N1C(C)(C)CC(c2ccc(-c3ccc(-c4ccc(CC)cc4)cc3)cc2)CC1(C)C. The minimum atomic E-state index is 0.142. The van der Waals surface area contributed by atoms with Crippen molar-refractivity contribution >= 4 is 0 Å². The highest BCUT2D eigenvalue weighted by molar-refractivity contribution is 5.70. The maximum atomic E-state index is 2.56. The van der Waals surface area contributed by atoms with Gasteiger partial charge >= 0.3 is 0 Å². The van der Waals surface area contributed by atoms with Crippen molar-refractivity contribution in [1.29, 1.82) is 0 Å². The van der Waals surface area contributed by atoms with E-state index in [-0.39, 0.29) is 11.1 Å². The van der Waals surface area contributed by atoms with Gasteiger partial charge in [-0.05, 0) is 99.4 Å². The topological polar surface area (TPSA) is 3.24 Å². The van der Waals surface area contributed by atoms with Crippen LogP contribution in [0.1, 0.15) is 71.4 Å². The summed E-state index contributed by atoms with van der Waals surface area (Å²) < 4.78 is 0. The van der Waals surface area contributed by atoms with E-state index in [1.165, 1.54) is 46.2 Å². The third-order valence-electron chi connectivity index (χ3n) is 7.39. The lowest BCUT2D eigenvalue weighted by Gasteiger charge is -2.55. The number of hydrogen-bond donors (Lipinski definition) is 0. The second-order valence-corrected chi connectivity index (χ2v) is 10.8. The molecule has 1 aliphatic heterocycles. The van der Waals surface area contributed by atoms with Gasteiger partial charge in [0.15, 0.2) is 0 Å². The summed E-state index contributed by atoms with van der Waals surface area (Å²) >= 11 is 0. The highest BCUT2D eigenvalue weighted by Gasteiger charge is 2.43. The van der Waals surface area contributed by atoms with Gasteiger partial charge in [-0.1, -0.05) is 85.8 Å². The molecule has 1 nitrogen and oxygen atoms in total. The van der Waals surface area contributed by atoms with Crippen molar-refractivity contribution in [3.8, 4) is 22.3 Å². The zero-order chi connectivity index (χ0) is 23.6. The van der Waals surface area contributed by atoms with Gasteiger partial charge < -0.3 is 4.90 Å². The molecule has 0 radical (unpaired) electrons. The Bertz CT molecular complexity index is 1060. The van der Waals surface area contributed by atoms with Crippen molar-refractivity contribution in [1.82, 2.24) is 4.90 Å². The number of allylic oxidation sites excluding steroid dienone is 1. The Labute approximate surface area is 201 Å². The fourth-order valence-corrected chi connectivity index (χ4v) is 5.82. The summed E-state index contributed by atoms with van der Waals surface area (Å²) in [6.45, 7) is 13.8. The van der Waals surface area contributed by atoms with Gasteiger partial charge in [0.1, 0.15) is 0 Å². The van der Waals surface area contributed by atoms with E-state index in [0.717, 1.165) is 6.42 Å². The molecular weight excluding hydrogens is 398 g/mol. The minimum Gasteiger partial charge on any atom is -0.368 e. The second kappa shape index (κ2) is 9.21. The van der Waals surface area contributed by atoms with Crippen molar-refractivity contribution in [2.24, 2.45) is 0 Å². The number of piperidine rings is 1. The molecule has 0 unspecified atom stereocenters. The molecule has 4 rings (SSSR count). The Balaban J connectivity index is 1.51. The van der Waals surface area contributed by atoms with Crippen LogP contribution in [0.2, 0.25) is 0 Å². The van der Waals surface area contributed by atoms with Gasteiger partial charge in [-0.15, -0.1) is 0 Å². The zero-order valence-corrected chi connectivity index (χ0v) is 21.2. The molecule has 3 aromatic carbocycles. The fourth-order valence-electron chi connectivity index (χ4n) is 5.82. The number of hydrogen-bond acceptors (Lipinski definition) is 1. The van der Waals surface area contributed by atoms with Crippen molar-refractivity contribution in [2.45, 2.75) is 77.8 Å². The van der Waals surface area contributed by atoms with Crippen LogP contribution in [0.25, 0.3) is 22.3 Å². The number of benzene rings is 3. The highest BCUT2D eigenvalue weighted by atomic mass is 15.2. The van der Waals surface area contributed by atoms with Crippen LogP contribution in [0.4, 0.5) is 0 Å². The molecule has 0 saturated carbocycles. The first kappa shape index (κ1) is 23.4. The van der Waals surface area contributed by atoms with E-state index < -0.39 is 0 Å². The molecule has 0 aliphatic carbocycles. The molecule has 0 amide bonds. The second-order valence-electron chi connectivity index (χ2n) is 10.8. The van der Waals surface area contributed by atoms with Crippen LogP contribution in [0, 0.1) is 0 Å². The van der Waals surface area contributed by atoms with Crippen LogP contribution in [-0.4, -0.2) is 16.0 Å². The first-order valence-electron chi connectivity index (χ1n) is 12.5. The van der Waals surface area contributed by atoms with Crippen LogP contribution >= 0.6 is 0 Å². The van der Waals surface area contributed by atoms with Crippen LogP contribution in [0.15, 0.2) is 85.1 Å². The molecule has 0 bridgehead atoms. The maximum absolute atomic E-state index is 2.56. The molecule has 1 fully saturated rings. The third-order valence-corrected chi connectivity index (χ3v) is 7.39. The smallest absolute Gasteiger partial charge is 0.0351 e. The van der Waals surface area contributed by atoms with Gasteiger partial charge in [-0.2, -0.15) is 0 Å². The van der Waals surface area contributed by atoms with E-state index in [9.17, 15) is 0 Å². The predicted molar refractivity (Wildman–Crippen MR) is 143 cm³/mol. The predicted octanol–water partition coefficient (Wildman–Crippen LogP) is 8.85. The number of nitrogens with zero attached hydrogens (tertiary/aromatic N) is 1. The largest absolute Gasteiger partial charge is 0.368 e. The Kier molecular flexibility index (Phi) is 6.52. The summed E-state index contributed by atoms with van der Waals surface area (Å²) in [5.74, 6) is 0.582. The maximum Gasteiger partial charge on any atom is 0.0351 e. The number of aryl methyl sites for hydroxylation is 1. The van der Waals surface area contributed by atoms with Gasteiger partial charge in [0, 0.05) is 11.1 Å². The summed E-state index contributed by atoms with van der Waals surface area (Å²) in [6, 6.07) is 27.2. The Morgan fingerprint density at radius 2 is 1.09 bits per heavy atom. The van der Waals surface area contributed by atoms with E-state index >= 15 is 0 Å². The molecule has 33 heavy (non-hydrogen) atoms. The summed E-state index contributed by atoms with van der Waals surface area (Å²) in [4.78, 5) is 2.56. The minimum absolute atomic E-state index is 0.142. The van der Waals surface area contributed by atoms with Crippen LogP contribution in [0.3, 0.4) is 0 Å². The van der Waals surface area contributed by atoms with Crippen molar-refractivity contribution in [2.75, 3.05) is 0 Å². The lowest BCUT2D eigenvalue weighted by atomic mass is 9.71. The lowest BCUT2D eigenvalue weighted by molar-refractivity contribution is 0.00728. The van der Waals surface area contributed by atoms with Crippen molar-refractivity contribution in [3.05, 3.63) is 96.2 Å². The van der Waals surface area contributed by atoms with E-state index in [4.69, 9.17) is 0 Å². The molecule has 0 N–H and O–H groups in total. The Morgan fingerprint density at radius 1 is 0.697 bits per heavy atom. The molecule has 1 heterocycles. The quantitative estimate of drug-likeness (QED) is 0.385. The first-order chi connectivity index (χ1) is 15.7. The molecule has 172 valence electrons. The van der Waals surface area contributed by atoms with E-state index in [2.05, 4.69) is 132 Å². The molecule has 1 aliphatic rings. The number of likely N-dealkylation sites (tertiary alicyclic amines) is 1. The molecule has 1 heteroatoms. The highest BCUT2D eigenvalue weighted by Crippen LogP contribution is 2.46. The number of rotatable bonds is 5. The average molecular weight is 438 g/mol. The molecule has 0 aromatic heterocycles. The first-order valence-corrected chi connectivity index (χ1v) is 12.5. The van der Waals surface area contributed by atoms with Crippen molar-refractivity contribution in [3.63, 3.8) is 0 Å². The fraction of sp³-hybridized carbons (Fsp3) is 0.375. The normalized spacial score (nSPS) is 18.1. The summed E-state index contributed by atoms with van der Waals surface area (Å²) in [7, 11) is 0. The molecule has 3 aromatic rings. The lowest BCUT2D eigenvalue weighted by Crippen LogP contribution is -2.57. The van der Waals surface area contributed by atoms with Gasteiger partial charge in [0.25, 0.3) is 0 Å². The average Bonchev–Trinajstić information content (AvgIpc) is 2.81. The standard InChI is InChI=1S/C32H39N/c1-7-21-33-31(3,4)22-30(23-32(33,5)6)29-19-17-28(18-20-29)27-15-13-26(14-16-27)25-11-9-24(8-2)10-12-25/h7,9-21,30H,8,22-23H2,1-6H3/b21-7+. The monoisotopic (exact) mass is 437 g/mol. The molecule has 1 saturated heterocycles. The molecular formula is C32H39N. The van der Waals surface area contributed by atoms with Crippen molar-refractivity contribution < 1.29 is 0 Å². The zero-order valence-electron chi connectivity index (χ0n) is 21.2. The van der Waals surface area contributed by atoms with Gasteiger partial charge in [-0.3, -0.25) is 0 Å². The van der Waals surface area contributed by atoms with E-state index in [1.54, 1.807) is 0 Å². The van der Waals surface area contributed by atoms with Gasteiger partial charge in [0.05, 0.1) is 0 Å². The van der Waals surface area contributed by atoms with Gasteiger partial charge in [-0.25, -0.2) is 0 Å². The Morgan fingerprint density at radius 3 is 1.48 bits per heavy atom. The van der Waals surface area contributed by atoms with E-state index in [0.29, 0.717) is 5.92 Å². The summed E-state index contributed by atoms with van der Waals surface area (Å²) in [6.07, 6.45) is 7.88. The Hall–Kier alpha value is -2.80. The van der Waals surface area contributed by atoms with E-state index in [1.807, 2.05) is 0 Å². The molecule has 0 atom stereocenters. The van der Waals surface area contributed by atoms with Gasteiger partial charge in [0.2, 0.25) is 0 Å². The summed E-state index contributed by atoms with van der Waals surface area (Å²) in [5, 5.41) is 0. The third kappa shape index (κ3) is 4.93. The van der Waals surface area contributed by atoms with Crippen LogP contribution in [0.5, 0.6) is 0 Å². The van der Waals surface area contributed by atoms with Crippen LogP contribution in [-0.2, 0) is 6.42 Å². The van der Waals surface area contributed by atoms with Crippen LogP contribution < -0.4 is 0 Å².